The molecule has 0 atom stereocenters. The molecule has 1 heterocycles. The lowest BCUT2D eigenvalue weighted by Crippen LogP contribution is -2.37. The van der Waals surface area contributed by atoms with E-state index >= 15 is 0 Å². The van der Waals surface area contributed by atoms with Crippen LogP contribution in [0.15, 0.2) is 53.7 Å². The van der Waals surface area contributed by atoms with Gasteiger partial charge in [-0.3, -0.25) is 9.98 Å². The summed E-state index contributed by atoms with van der Waals surface area (Å²) in [4.78, 5) is 8.53. The molecule has 2 aromatic rings. The lowest BCUT2D eigenvalue weighted by molar-refractivity contribution is 0.784. The SMILES string of the molecule is CN=C(NCCc1ccccn1)NCc1ccc(C)cc1. The number of rotatable bonds is 5. The Labute approximate surface area is 126 Å². The molecule has 2 N–H and O–H groups in total. The molecular formula is C17H22N4. The molecule has 21 heavy (non-hydrogen) atoms. The summed E-state index contributed by atoms with van der Waals surface area (Å²) in [5, 5.41) is 6.61. The van der Waals surface area contributed by atoms with E-state index in [9.17, 15) is 0 Å². The molecular weight excluding hydrogens is 260 g/mol. The summed E-state index contributed by atoms with van der Waals surface area (Å²) in [7, 11) is 1.78. The molecule has 0 saturated carbocycles. The molecule has 0 unspecified atom stereocenters. The molecule has 0 aliphatic rings. The normalized spacial score (nSPS) is 11.2. The Kier molecular flexibility index (Phi) is 5.76. The van der Waals surface area contributed by atoms with Crippen molar-refractivity contribution in [2.45, 2.75) is 19.9 Å². The van der Waals surface area contributed by atoms with Crippen molar-refractivity contribution in [1.29, 1.82) is 0 Å². The number of aliphatic imine (C=N–C) groups is 1. The summed E-state index contributed by atoms with van der Waals surface area (Å²) in [6, 6.07) is 14.5. The molecule has 2 rings (SSSR count). The van der Waals surface area contributed by atoms with E-state index < -0.39 is 0 Å². The molecule has 110 valence electrons. The molecule has 0 amide bonds. The fourth-order valence-corrected chi connectivity index (χ4v) is 1.97. The van der Waals surface area contributed by atoms with Gasteiger partial charge in [-0.2, -0.15) is 0 Å². The van der Waals surface area contributed by atoms with Crippen LogP contribution in [-0.4, -0.2) is 24.5 Å². The highest BCUT2D eigenvalue weighted by Crippen LogP contribution is 2.02. The Morgan fingerprint density at radius 2 is 1.90 bits per heavy atom. The van der Waals surface area contributed by atoms with E-state index in [0.717, 1.165) is 31.2 Å². The molecule has 0 fully saturated rings. The van der Waals surface area contributed by atoms with Crippen LogP contribution >= 0.6 is 0 Å². The molecule has 0 bridgehead atoms. The molecule has 0 aliphatic heterocycles. The molecule has 4 nitrogen and oxygen atoms in total. The average molecular weight is 282 g/mol. The topological polar surface area (TPSA) is 49.3 Å². The van der Waals surface area contributed by atoms with Crippen molar-refractivity contribution in [3.63, 3.8) is 0 Å². The number of guanidine groups is 1. The van der Waals surface area contributed by atoms with E-state index in [0.29, 0.717) is 0 Å². The number of aryl methyl sites for hydroxylation is 1. The lowest BCUT2D eigenvalue weighted by Gasteiger charge is -2.12. The molecule has 1 aromatic heterocycles. The van der Waals surface area contributed by atoms with Gasteiger partial charge in [0.1, 0.15) is 0 Å². The summed E-state index contributed by atoms with van der Waals surface area (Å²) in [5.41, 5.74) is 3.60. The summed E-state index contributed by atoms with van der Waals surface area (Å²) >= 11 is 0. The quantitative estimate of drug-likeness (QED) is 0.653. The van der Waals surface area contributed by atoms with E-state index in [1.54, 1.807) is 7.05 Å². The van der Waals surface area contributed by atoms with E-state index in [1.807, 2.05) is 24.4 Å². The Morgan fingerprint density at radius 3 is 2.57 bits per heavy atom. The van der Waals surface area contributed by atoms with Gasteiger partial charge in [0.25, 0.3) is 0 Å². The van der Waals surface area contributed by atoms with Gasteiger partial charge in [0.2, 0.25) is 0 Å². The largest absolute Gasteiger partial charge is 0.356 e. The standard InChI is InChI=1S/C17H22N4/c1-14-6-8-15(9-7-14)13-21-17(18-2)20-12-10-16-5-3-4-11-19-16/h3-9,11H,10,12-13H2,1-2H3,(H2,18,20,21). The zero-order valence-electron chi connectivity index (χ0n) is 12.6. The van der Waals surface area contributed by atoms with Crippen LogP contribution in [0.4, 0.5) is 0 Å². The van der Waals surface area contributed by atoms with Crippen molar-refractivity contribution >= 4 is 5.96 Å². The van der Waals surface area contributed by atoms with Gasteiger partial charge in [-0.05, 0) is 24.6 Å². The van der Waals surface area contributed by atoms with Crippen molar-refractivity contribution in [3.05, 3.63) is 65.5 Å². The predicted molar refractivity (Wildman–Crippen MR) is 87.3 cm³/mol. The maximum atomic E-state index is 4.30. The van der Waals surface area contributed by atoms with Crippen molar-refractivity contribution in [2.75, 3.05) is 13.6 Å². The van der Waals surface area contributed by atoms with Crippen LogP contribution in [0, 0.1) is 6.92 Å². The van der Waals surface area contributed by atoms with Crippen molar-refractivity contribution < 1.29 is 0 Å². The fourth-order valence-electron chi connectivity index (χ4n) is 1.97. The predicted octanol–water partition coefficient (Wildman–Crippen LogP) is 2.30. The van der Waals surface area contributed by atoms with Crippen LogP contribution in [0.3, 0.4) is 0 Å². The fraction of sp³-hybridized carbons (Fsp3) is 0.294. The third-order valence-corrected chi connectivity index (χ3v) is 3.20. The number of pyridine rings is 1. The minimum atomic E-state index is 0.767. The highest BCUT2D eigenvalue weighted by Gasteiger charge is 1.99. The monoisotopic (exact) mass is 282 g/mol. The highest BCUT2D eigenvalue weighted by atomic mass is 15.2. The van der Waals surface area contributed by atoms with Gasteiger partial charge in [-0.25, -0.2) is 0 Å². The van der Waals surface area contributed by atoms with E-state index in [-0.39, 0.29) is 0 Å². The van der Waals surface area contributed by atoms with Gasteiger partial charge in [0.05, 0.1) is 0 Å². The third-order valence-electron chi connectivity index (χ3n) is 3.20. The molecule has 4 heteroatoms. The van der Waals surface area contributed by atoms with Crippen LogP contribution in [0.2, 0.25) is 0 Å². The maximum Gasteiger partial charge on any atom is 0.191 e. The second kappa shape index (κ2) is 8.04. The zero-order valence-corrected chi connectivity index (χ0v) is 12.6. The van der Waals surface area contributed by atoms with Gasteiger partial charge in [0, 0.05) is 38.4 Å². The number of nitrogens with one attached hydrogen (secondary N) is 2. The van der Waals surface area contributed by atoms with Crippen molar-refractivity contribution in [3.8, 4) is 0 Å². The number of nitrogens with zero attached hydrogens (tertiary/aromatic N) is 2. The van der Waals surface area contributed by atoms with Gasteiger partial charge in [-0.1, -0.05) is 35.9 Å². The maximum absolute atomic E-state index is 4.30. The Hall–Kier alpha value is -2.36. The van der Waals surface area contributed by atoms with Crippen LogP contribution in [0.5, 0.6) is 0 Å². The molecule has 0 spiro atoms. The first-order valence-electron chi connectivity index (χ1n) is 7.18. The van der Waals surface area contributed by atoms with Crippen LogP contribution < -0.4 is 10.6 Å². The molecule has 0 radical (unpaired) electrons. The zero-order chi connectivity index (χ0) is 14.9. The Morgan fingerprint density at radius 1 is 1.10 bits per heavy atom. The number of hydrogen-bond acceptors (Lipinski definition) is 2. The van der Waals surface area contributed by atoms with Crippen molar-refractivity contribution in [1.82, 2.24) is 15.6 Å². The van der Waals surface area contributed by atoms with Crippen LogP contribution in [-0.2, 0) is 13.0 Å². The smallest absolute Gasteiger partial charge is 0.191 e. The highest BCUT2D eigenvalue weighted by molar-refractivity contribution is 5.79. The second-order valence-electron chi connectivity index (χ2n) is 4.91. The molecule has 1 aromatic carbocycles. The lowest BCUT2D eigenvalue weighted by atomic mass is 10.1. The second-order valence-corrected chi connectivity index (χ2v) is 4.91. The Bertz CT molecular complexity index is 561. The minimum absolute atomic E-state index is 0.767. The van der Waals surface area contributed by atoms with Gasteiger partial charge in [0.15, 0.2) is 5.96 Å². The third kappa shape index (κ3) is 5.26. The molecule has 0 aliphatic carbocycles. The van der Waals surface area contributed by atoms with Gasteiger partial charge < -0.3 is 10.6 Å². The van der Waals surface area contributed by atoms with Crippen LogP contribution in [0.25, 0.3) is 0 Å². The molecule has 0 saturated heterocycles. The van der Waals surface area contributed by atoms with Gasteiger partial charge >= 0.3 is 0 Å². The number of aromatic nitrogens is 1. The summed E-state index contributed by atoms with van der Waals surface area (Å²) < 4.78 is 0. The first-order chi connectivity index (χ1) is 10.3. The summed E-state index contributed by atoms with van der Waals surface area (Å²) in [5.74, 6) is 0.812. The first-order valence-corrected chi connectivity index (χ1v) is 7.18. The van der Waals surface area contributed by atoms with E-state index in [4.69, 9.17) is 0 Å². The van der Waals surface area contributed by atoms with Crippen LogP contribution in [0.1, 0.15) is 16.8 Å². The van der Waals surface area contributed by atoms with E-state index in [2.05, 4.69) is 51.8 Å². The Balaban J connectivity index is 1.74. The van der Waals surface area contributed by atoms with E-state index in [1.165, 1.54) is 11.1 Å². The summed E-state index contributed by atoms with van der Waals surface area (Å²) in [6.45, 7) is 3.67. The number of benzene rings is 1. The number of hydrogen-bond donors (Lipinski definition) is 2. The van der Waals surface area contributed by atoms with Gasteiger partial charge in [-0.15, -0.1) is 0 Å². The summed E-state index contributed by atoms with van der Waals surface area (Å²) in [6.07, 6.45) is 2.70. The average Bonchev–Trinajstić information content (AvgIpc) is 2.53. The minimum Gasteiger partial charge on any atom is -0.356 e. The first kappa shape index (κ1) is 15.0. The van der Waals surface area contributed by atoms with Crippen molar-refractivity contribution in [2.24, 2.45) is 4.99 Å².